The van der Waals surface area contributed by atoms with Gasteiger partial charge in [-0.3, -0.25) is 9.59 Å². The standard InChI is InChI=1S/C22H27N3O2/c1-4-24(5-2)19-11-13-20(14-12-19)25-16-17(15-21(25)26)22(27)23(3)18-9-7-6-8-10-18/h6-14,17H,4-5,15-16H2,1-3H3. The number of hydrogen-bond acceptors (Lipinski definition) is 3. The Kier molecular flexibility index (Phi) is 5.79. The van der Waals surface area contributed by atoms with E-state index in [1.54, 1.807) is 16.8 Å². The van der Waals surface area contributed by atoms with Crippen LogP contribution >= 0.6 is 0 Å². The second kappa shape index (κ2) is 8.25. The van der Waals surface area contributed by atoms with Crippen LogP contribution in [0.1, 0.15) is 20.3 Å². The van der Waals surface area contributed by atoms with Gasteiger partial charge < -0.3 is 14.7 Å². The minimum atomic E-state index is -0.315. The fraction of sp³-hybridized carbons (Fsp3) is 0.364. The summed E-state index contributed by atoms with van der Waals surface area (Å²) in [6.07, 6.45) is 0.258. The highest BCUT2D eigenvalue weighted by atomic mass is 16.2. The summed E-state index contributed by atoms with van der Waals surface area (Å²) in [5.41, 5.74) is 2.84. The van der Waals surface area contributed by atoms with Crippen molar-refractivity contribution in [3.63, 3.8) is 0 Å². The molecule has 2 aromatic carbocycles. The van der Waals surface area contributed by atoms with Crippen LogP contribution < -0.4 is 14.7 Å². The zero-order valence-electron chi connectivity index (χ0n) is 16.3. The van der Waals surface area contributed by atoms with Crippen LogP contribution in [-0.4, -0.2) is 38.5 Å². The highest BCUT2D eigenvalue weighted by Gasteiger charge is 2.36. The van der Waals surface area contributed by atoms with E-state index in [4.69, 9.17) is 0 Å². The lowest BCUT2D eigenvalue weighted by Gasteiger charge is -2.23. The predicted octanol–water partition coefficient (Wildman–Crippen LogP) is 3.55. The average molecular weight is 365 g/mol. The first-order chi connectivity index (χ1) is 13.0. The van der Waals surface area contributed by atoms with E-state index in [2.05, 4.69) is 18.7 Å². The van der Waals surface area contributed by atoms with Crippen molar-refractivity contribution in [3.05, 3.63) is 54.6 Å². The predicted molar refractivity (Wildman–Crippen MR) is 110 cm³/mol. The average Bonchev–Trinajstić information content (AvgIpc) is 3.10. The SMILES string of the molecule is CCN(CC)c1ccc(N2CC(C(=O)N(C)c3ccccc3)CC2=O)cc1. The van der Waals surface area contributed by atoms with E-state index in [1.165, 1.54) is 0 Å². The van der Waals surface area contributed by atoms with Crippen LogP contribution in [-0.2, 0) is 9.59 Å². The molecule has 2 amide bonds. The van der Waals surface area contributed by atoms with Crippen LogP contribution in [0.2, 0.25) is 0 Å². The second-order valence-corrected chi connectivity index (χ2v) is 6.83. The molecule has 0 N–H and O–H groups in total. The maximum atomic E-state index is 12.8. The number of hydrogen-bond donors (Lipinski definition) is 0. The smallest absolute Gasteiger partial charge is 0.232 e. The molecular formula is C22H27N3O2. The van der Waals surface area contributed by atoms with Crippen LogP contribution in [0.25, 0.3) is 0 Å². The molecule has 1 aliphatic heterocycles. The molecule has 0 radical (unpaired) electrons. The number of amides is 2. The summed E-state index contributed by atoms with van der Waals surface area (Å²) in [6, 6.07) is 17.6. The highest BCUT2D eigenvalue weighted by molar-refractivity contribution is 6.04. The van der Waals surface area contributed by atoms with Gasteiger partial charge in [-0.05, 0) is 50.2 Å². The van der Waals surface area contributed by atoms with Crippen LogP contribution in [0.3, 0.4) is 0 Å². The molecule has 3 rings (SSSR count). The number of anilines is 3. The van der Waals surface area contributed by atoms with Gasteiger partial charge in [-0.15, -0.1) is 0 Å². The summed E-state index contributed by atoms with van der Waals surface area (Å²) in [4.78, 5) is 31.0. The first-order valence-electron chi connectivity index (χ1n) is 9.53. The molecule has 1 aliphatic rings. The molecule has 1 saturated heterocycles. The summed E-state index contributed by atoms with van der Waals surface area (Å²) in [5, 5.41) is 0. The van der Waals surface area contributed by atoms with E-state index in [1.807, 2.05) is 54.6 Å². The Hall–Kier alpha value is -2.82. The maximum Gasteiger partial charge on any atom is 0.232 e. The fourth-order valence-corrected chi connectivity index (χ4v) is 3.61. The summed E-state index contributed by atoms with van der Waals surface area (Å²) in [5.74, 6) is -0.327. The molecular weight excluding hydrogens is 338 g/mol. The topological polar surface area (TPSA) is 43.9 Å². The maximum absolute atomic E-state index is 12.8. The zero-order chi connectivity index (χ0) is 19.4. The van der Waals surface area contributed by atoms with Crippen molar-refractivity contribution in [2.24, 2.45) is 5.92 Å². The minimum Gasteiger partial charge on any atom is -0.372 e. The van der Waals surface area contributed by atoms with Gasteiger partial charge >= 0.3 is 0 Å². The Morgan fingerprint density at radius 2 is 1.63 bits per heavy atom. The first kappa shape index (κ1) is 19.0. The third-order valence-corrected chi connectivity index (χ3v) is 5.24. The number of benzene rings is 2. The number of carbonyl (C=O) groups excluding carboxylic acids is 2. The summed E-state index contributed by atoms with van der Waals surface area (Å²) >= 11 is 0. The molecule has 5 nitrogen and oxygen atoms in total. The molecule has 0 aromatic heterocycles. The van der Waals surface area contributed by atoms with Crippen molar-refractivity contribution in [2.75, 3.05) is 41.4 Å². The molecule has 142 valence electrons. The lowest BCUT2D eigenvalue weighted by atomic mass is 10.1. The fourth-order valence-electron chi connectivity index (χ4n) is 3.61. The molecule has 0 aliphatic carbocycles. The molecule has 0 spiro atoms. The lowest BCUT2D eigenvalue weighted by molar-refractivity contribution is -0.124. The van der Waals surface area contributed by atoms with Gasteiger partial charge in [-0.1, -0.05) is 18.2 Å². The third kappa shape index (κ3) is 3.97. The number of carbonyl (C=O) groups is 2. The van der Waals surface area contributed by atoms with Crippen LogP contribution in [0, 0.1) is 5.92 Å². The molecule has 1 unspecified atom stereocenters. The molecule has 1 heterocycles. The van der Waals surface area contributed by atoms with Gasteiger partial charge in [-0.25, -0.2) is 0 Å². The van der Waals surface area contributed by atoms with Gasteiger partial charge in [-0.2, -0.15) is 0 Å². The molecule has 0 bridgehead atoms. The zero-order valence-corrected chi connectivity index (χ0v) is 16.3. The summed E-state index contributed by atoms with van der Waals surface area (Å²) in [6.45, 7) is 6.57. The minimum absolute atomic E-state index is 0.00500. The monoisotopic (exact) mass is 365 g/mol. The summed E-state index contributed by atoms with van der Waals surface area (Å²) < 4.78 is 0. The van der Waals surface area contributed by atoms with Gasteiger partial charge in [0.2, 0.25) is 11.8 Å². The molecule has 1 atom stereocenters. The van der Waals surface area contributed by atoms with Gasteiger partial charge in [0, 0.05) is 50.2 Å². The van der Waals surface area contributed by atoms with Crippen molar-refractivity contribution in [1.82, 2.24) is 0 Å². The van der Waals surface area contributed by atoms with Crippen molar-refractivity contribution in [1.29, 1.82) is 0 Å². The van der Waals surface area contributed by atoms with Gasteiger partial charge in [0.05, 0.1) is 5.92 Å². The van der Waals surface area contributed by atoms with Crippen molar-refractivity contribution in [3.8, 4) is 0 Å². The number of rotatable bonds is 6. The van der Waals surface area contributed by atoms with E-state index in [9.17, 15) is 9.59 Å². The van der Waals surface area contributed by atoms with Crippen LogP contribution in [0.4, 0.5) is 17.1 Å². The van der Waals surface area contributed by atoms with Crippen molar-refractivity contribution >= 4 is 28.9 Å². The Morgan fingerprint density at radius 1 is 1.00 bits per heavy atom. The first-order valence-corrected chi connectivity index (χ1v) is 9.53. The molecule has 0 saturated carbocycles. The van der Waals surface area contributed by atoms with Crippen LogP contribution in [0.15, 0.2) is 54.6 Å². The van der Waals surface area contributed by atoms with E-state index >= 15 is 0 Å². The normalized spacial score (nSPS) is 16.5. The van der Waals surface area contributed by atoms with Crippen molar-refractivity contribution < 1.29 is 9.59 Å². The molecule has 5 heteroatoms. The second-order valence-electron chi connectivity index (χ2n) is 6.83. The highest BCUT2D eigenvalue weighted by Crippen LogP contribution is 2.29. The molecule has 1 fully saturated rings. The van der Waals surface area contributed by atoms with E-state index in [0.29, 0.717) is 6.54 Å². The number of para-hydroxylation sites is 1. The van der Waals surface area contributed by atoms with Crippen molar-refractivity contribution in [2.45, 2.75) is 20.3 Å². The quantitative estimate of drug-likeness (QED) is 0.786. The third-order valence-electron chi connectivity index (χ3n) is 5.24. The Bertz CT molecular complexity index is 785. The van der Waals surface area contributed by atoms with Gasteiger partial charge in [0.15, 0.2) is 0 Å². The van der Waals surface area contributed by atoms with Gasteiger partial charge in [0.1, 0.15) is 0 Å². The lowest BCUT2D eigenvalue weighted by Crippen LogP contribution is -2.34. The van der Waals surface area contributed by atoms with Crippen LogP contribution in [0.5, 0.6) is 0 Å². The Labute approximate surface area is 161 Å². The van der Waals surface area contributed by atoms with E-state index in [-0.39, 0.29) is 24.2 Å². The summed E-state index contributed by atoms with van der Waals surface area (Å²) in [7, 11) is 1.77. The van der Waals surface area contributed by atoms with Gasteiger partial charge in [0.25, 0.3) is 0 Å². The Balaban J connectivity index is 1.71. The van der Waals surface area contributed by atoms with E-state index < -0.39 is 0 Å². The number of nitrogens with zero attached hydrogens (tertiary/aromatic N) is 3. The largest absolute Gasteiger partial charge is 0.372 e. The Morgan fingerprint density at radius 3 is 2.22 bits per heavy atom. The van der Waals surface area contributed by atoms with E-state index in [0.717, 1.165) is 30.2 Å². The molecule has 27 heavy (non-hydrogen) atoms. The molecule has 2 aromatic rings.